The summed E-state index contributed by atoms with van der Waals surface area (Å²) in [7, 11) is 0. The van der Waals surface area contributed by atoms with Gasteiger partial charge in [-0.3, -0.25) is 14.2 Å². The number of amides is 1. The quantitative estimate of drug-likeness (QED) is 0.328. The van der Waals surface area contributed by atoms with E-state index in [4.69, 9.17) is 9.47 Å². The number of rotatable bonds is 8. The van der Waals surface area contributed by atoms with Gasteiger partial charge in [0.15, 0.2) is 11.5 Å². The molecule has 5 rings (SSSR count). The molecule has 0 aliphatic carbocycles. The maximum atomic E-state index is 13.6. The van der Waals surface area contributed by atoms with Crippen molar-refractivity contribution in [3.63, 3.8) is 0 Å². The van der Waals surface area contributed by atoms with E-state index in [0.29, 0.717) is 40.7 Å². The van der Waals surface area contributed by atoms with E-state index in [0.717, 1.165) is 17.5 Å². The first-order valence-corrected chi connectivity index (χ1v) is 12.6. The molecule has 0 bridgehead atoms. The second-order valence-electron chi connectivity index (χ2n) is 9.55. The smallest absolute Gasteiger partial charge is 0.256 e. The molecule has 2 heterocycles. The van der Waals surface area contributed by atoms with Crippen molar-refractivity contribution < 1.29 is 14.3 Å². The van der Waals surface area contributed by atoms with Gasteiger partial charge in [-0.2, -0.15) is 0 Å². The average Bonchev–Trinajstić information content (AvgIpc) is 3.36. The first kappa shape index (κ1) is 24.4. The molecule has 0 fully saturated rings. The van der Waals surface area contributed by atoms with Crippen molar-refractivity contribution in [1.82, 2.24) is 4.57 Å². The minimum absolute atomic E-state index is 0.125. The van der Waals surface area contributed by atoms with E-state index in [2.05, 4.69) is 43.5 Å². The number of carbonyl (C=O) groups is 1. The molecular weight excluding hydrogens is 466 g/mol. The van der Waals surface area contributed by atoms with E-state index >= 15 is 0 Å². The lowest BCUT2D eigenvalue weighted by Gasteiger charge is -2.15. The summed E-state index contributed by atoms with van der Waals surface area (Å²) >= 11 is 0. The molecule has 3 aromatic carbocycles. The molecule has 0 unspecified atom stereocenters. The Labute approximate surface area is 216 Å². The number of hydrogen-bond donors (Lipinski definition) is 2. The van der Waals surface area contributed by atoms with Crippen LogP contribution < -0.4 is 25.7 Å². The second-order valence-corrected chi connectivity index (χ2v) is 9.55. The zero-order chi connectivity index (χ0) is 25.9. The standard InChI is InChI=1S/C30H31N3O4/c1-4-20-5-9-24(10-6-20)31-16-23-13-22-14-27-28(37-18-36-27)15-26(22)33(30(23)35)17-29(34)32-25-11-7-21(8-12-25)19(2)3/h5-15,19,31H,4,16-18H2,1-3H3,(H,32,34). The maximum absolute atomic E-state index is 13.6. The number of fused-ring (bicyclic) bond motifs is 2. The minimum Gasteiger partial charge on any atom is -0.454 e. The van der Waals surface area contributed by atoms with Crippen LogP contribution in [-0.4, -0.2) is 17.3 Å². The SMILES string of the molecule is CCc1ccc(NCc2cc3cc4c(cc3n(CC(=O)Nc3ccc(C(C)C)cc3)c2=O)OCO4)cc1. The van der Waals surface area contributed by atoms with Gasteiger partial charge < -0.3 is 20.1 Å². The van der Waals surface area contributed by atoms with Crippen LogP contribution in [0.2, 0.25) is 0 Å². The number of anilines is 2. The first-order valence-electron chi connectivity index (χ1n) is 12.6. The van der Waals surface area contributed by atoms with Crippen LogP contribution in [0.25, 0.3) is 10.9 Å². The van der Waals surface area contributed by atoms with Crippen molar-refractivity contribution in [2.24, 2.45) is 0 Å². The Hall–Kier alpha value is -4.26. The van der Waals surface area contributed by atoms with Crippen molar-refractivity contribution in [2.45, 2.75) is 46.2 Å². The van der Waals surface area contributed by atoms with Crippen LogP contribution in [0.5, 0.6) is 11.5 Å². The molecule has 7 heteroatoms. The summed E-state index contributed by atoms with van der Waals surface area (Å²) in [6.45, 7) is 6.69. The van der Waals surface area contributed by atoms with Gasteiger partial charge in [-0.25, -0.2) is 0 Å². The summed E-state index contributed by atoms with van der Waals surface area (Å²) in [6.07, 6.45) is 0.968. The highest BCUT2D eigenvalue weighted by Gasteiger charge is 2.19. The van der Waals surface area contributed by atoms with E-state index in [-0.39, 0.29) is 24.8 Å². The van der Waals surface area contributed by atoms with E-state index in [1.165, 1.54) is 15.7 Å². The number of pyridine rings is 1. The van der Waals surface area contributed by atoms with Gasteiger partial charge in [-0.1, -0.05) is 45.0 Å². The minimum atomic E-state index is -0.279. The number of nitrogens with zero attached hydrogens (tertiary/aromatic N) is 1. The number of hydrogen-bond acceptors (Lipinski definition) is 5. The molecule has 190 valence electrons. The maximum Gasteiger partial charge on any atom is 0.256 e. The van der Waals surface area contributed by atoms with E-state index in [1.54, 1.807) is 6.07 Å². The van der Waals surface area contributed by atoms with E-state index in [1.807, 2.05) is 48.5 Å². The molecular formula is C30H31N3O4. The van der Waals surface area contributed by atoms with Gasteiger partial charge in [0.05, 0.1) is 5.52 Å². The molecule has 1 aliphatic rings. The third-order valence-electron chi connectivity index (χ3n) is 6.67. The van der Waals surface area contributed by atoms with Crippen LogP contribution in [0.3, 0.4) is 0 Å². The lowest BCUT2D eigenvalue weighted by atomic mass is 10.0. The van der Waals surface area contributed by atoms with E-state index < -0.39 is 0 Å². The van der Waals surface area contributed by atoms with Crippen LogP contribution in [0, 0.1) is 0 Å². The predicted octanol–water partition coefficient (Wildman–Crippen LogP) is 5.67. The van der Waals surface area contributed by atoms with Gasteiger partial charge in [0, 0.05) is 34.9 Å². The monoisotopic (exact) mass is 497 g/mol. The normalized spacial score (nSPS) is 12.2. The third-order valence-corrected chi connectivity index (χ3v) is 6.67. The highest BCUT2D eigenvalue weighted by atomic mass is 16.7. The predicted molar refractivity (Wildman–Crippen MR) is 147 cm³/mol. The second kappa shape index (κ2) is 10.4. The van der Waals surface area contributed by atoms with E-state index in [9.17, 15) is 9.59 Å². The zero-order valence-corrected chi connectivity index (χ0v) is 21.3. The average molecular weight is 498 g/mol. The van der Waals surface area contributed by atoms with Crippen molar-refractivity contribution >= 4 is 28.2 Å². The molecule has 1 aromatic heterocycles. The highest BCUT2D eigenvalue weighted by molar-refractivity contribution is 5.92. The van der Waals surface area contributed by atoms with Crippen LogP contribution in [0.4, 0.5) is 11.4 Å². The Morgan fingerprint density at radius 2 is 1.62 bits per heavy atom. The summed E-state index contributed by atoms with van der Waals surface area (Å²) in [5.41, 5.74) is 5.01. The van der Waals surface area contributed by atoms with Gasteiger partial charge >= 0.3 is 0 Å². The summed E-state index contributed by atoms with van der Waals surface area (Å²) in [5.74, 6) is 1.32. The molecule has 4 aromatic rings. The van der Waals surface area contributed by atoms with Crippen LogP contribution in [-0.2, 0) is 24.3 Å². The number of ether oxygens (including phenoxy) is 2. The number of aromatic nitrogens is 1. The molecule has 1 amide bonds. The van der Waals surface area contributed by atoms with Crippen molar-refractivity contribution in [3.8, 4) is 11.5 Å². The molecule has 0 spiro atoms. The van der Waals surface area contributed by atoms with Gasteiger partial charge in [-0.05, 0) is 59.9 Å². The Balaban J connectivity index is 1.44. The number of benzene rings is 3. The molecule has 0 atom stereocenters. The third kappa shape index (κ3) is 5.31. The summed E-state index contributed by atoms with van der Waals surface area (Å²) in [5, 5.41) is 7.06. The largest absolute Gasteiger partial charge is 0.454 e. The Morgan fingerprint density at radius 3 is 2.30 bits per heavy atom. The van der Waals surface area contributed by atoms with Gasteiger partial charge in [-0.15, -0.1) is 0 Å². The fourth-order valence-electron chi connectivity index (χ4n) is 4.46. The van der Waals surface area contributed by atoms with Crippen LogP contribution in [0.15, 0.2) is 71.5 Å². The lowest BCUT2D eigenvalue weighted by Crippen LogP contribution is -2.30. The van der Waals surface area contributed by atoms with Gasteiger partial charge in [0.25, 0.3) is 5.56 Å². The topological polar surface area (TPSA) is 81.6 Å². The van der Waals surface area contributed by atoms with Crippen molar-refractivity contribution in [2.75, 3.05) is 17.4 Å². The lowest BCUT2D eigenvalue weighted by molar-refractivity contribution is -0.116. The van der Waals surface area contributed by atoms with Crippen LogP contribution >= 0.6 is 0 Å². The fraction of sp³-hybridized carbons (Fsp3) is 0.267. The van der Waals surface area contributed by atoms with Crippen molar-refractivity contribution in [3.05, 3.63) is 93.8 Å². The van der Waals surface area contributed by atoms with Gasteiger partial charge in [0.1, 0.15) is 6.54 Å². The molecule has 2 N–H and O–H groups in total. The number of aryl methyl sites for hydroxylation is 1. The Bertz CT molecular complexity index is 1490. The summed E-state index contributed by atoms with van der Waals surface area (Å²) in [6, 6.07) is 21.4. The summed E-state index contributed by atoms with van der Waals surface area (Å²) < 4.78 is 12.6. The number of nitrogens with one attached hydrogen (secondary N) is 2. The molecule has 0 saturated heterocycles. The van der Waals surface area contributed by atoms with Crippen LogP contribution in [0.1, 0.15) is 43.4 Å². The molecule has 0 radical (unpaired) electrons. The first-order chi connectivity index (χ1) is 17.9. The highest BCUT2D eigenvalue weighted by Crippen LogP contribution is 2.36. The number of carbonyl (C=O) groups excluding carboxylic acids is 1. The summed E-state index contributed by atoms with van der Waals surface area (Å²) in [4.78, 5) is 26.6. The fourth-order valence-corrected chi connectivity index (χ4v) is 4.46. The molecule has 37 heavy (non-hydrogen) atoms. The Morgan fingerprint density at radius 1 is 0.946 bits per heavy atom. The molecule has 7 nitrogen and oxygen atoms in total. The molecule has 1 aliphatic heterocycles. The Kier molecular flexibility index (Phi) is 6.86. The molecule has 0 saturated carbocycles. The van der Waals surface area contributed by atoms with Gasteiger partial charge in [0.2, 0.25) is 12.7 Å². The zero-order valence-electron chi connectivity index (χ0n) is 21.3. The van der Waals surface area contributed by atoms with Crippen molar-refractivity contribution in [1.29, 1.82) is 0 Å².